The van der Waals surface area contributed by atoms with Gasteiger partial charge in [-0.05, 0) is 18.6 Å². The molecule has 54 valence electrons. The molecule has 0 aliphatic carbocycles. The zero-order valence-corrected chi connectivity index (χ0v) is 5.63. The monoisotopic (exact) mass is 139 g/mol. The first kappa shape index (κ1) is 6.89. The number of phenolic OH excluding ortho intramolecular Hbond substituents is 1. The van der Waals surface area contributed by atoms with Crippen molar-refractivity contribution in [1.82, 2.24) is 0 Å². The number of nitrogens with one attached hydrogen (secondary N) is 1. The van der Waals surface area contributed by atoms with E-state index in [1.54, 1.807) is 25.1 Å². The van der Waals surface area contributed by atoms with Gasteiger partial charge in [0.05, 0.1) is 0 Å². The van der Waals surface area contributed by atoms with Crippen molar-refractivity contribution in [1.29, 1.82) is 0 Å². The molecule has 0 spiro atoms. The van der Waals surface area contributed by atoms with E-state index in [0.717, 1.165) is 5.56 Å². The Morgan fingerprint density at radius 3 is 2.60 bits per heavy atom. The van der Waals surface area contributed by atoms with Crippen LogP contribution in [0.15, 0.2) is 18.2 Å². The number of aromatic hydroxyl groups is 1. The first-order valence-corrected chi connectivity index (χ1v) is 2.94. The van der Waals surface area contributed by atoms with Crippen molar-refractivity contribution in [3.05, 3.63) is 23.8 Å². The largest absolute Gasteiger partial charge is 0.505 e. The third kappa shape index (κ3) is 1.04. The summed E-state index contributed by atoms with van der Waals surface area (Å²) in [6, 6.07) is 5.09. The van der Waals surface area contributed by atoms with E-state index in [4.69, 9.17) is 5.21 Å². The molecule has 0 bridgehead atoms. The molecule has 1 aromatic carbocycles. The second-order valence-electron chi connectivity index (χ2n) is 2.08. The molecule has 0 aromatic heterocycles. The maximum atomic E-state index is 9.18. The van der Waals surface area contributed by atoms with Gasteiger partial charge in [0.2, 0.25) is 0 Å². The van der Waals surface area contributed by atoms with Crippen molar-refractivity contribution in [3.8, 4) is 5.75 Å². The lowest BCUT2D eigenvalue weighted by Gasteiger charge is -2.03. The highest BCUT2D eigenvalue weighted by atomic mass is 16.5. The summed E-state index contributed by atoms with van der Waals surface area (Å²) in [4.78, 5) is 0. The van der Waals surface area contributed by atoms with E-state index < -0.39 is 0 Å². The molecule has 1 rings (SSSR count). The number of aryl methyl sites for hydroxylation is 1. The van der Waals surface area contributed by atoms with Gasteiger partial charge in [0, 0.05) is 0 Å². The highest BCUT2D eigenvalue weighted by molar-refractivity contribution is 5.57. The molecule has 0 saturated carbocycles. The Bertz CT molecular complexity index is 235. The fraction of sp³-hybridized carbons (Fsp3) is 0.143. The fourth-order valence-electron chi connectivity index (χ4n) is 0.749. The summed E-state index contributed by atoms with van der Waals surface area (Å²) in [5, 5.41) is 17.6. The van der Waals surface area contributed by atoms with Crippen LogP contribution in [0.3, 0.4) is 0 Å². The van der Waals surface area contributed by atoms with E-state index in [0.29, 0.717) is 5.69 Å². The molecule has 10 heavy (non-hydrogen) atoms. The van der Waals surface area contributed by atoms with E-state index in [9.17, 15) is 5.11 Å². The number of phenols is 1. The molecule has 0 saturated heterocycles. The Balaban J connectivity index is 3.14. The third-order valence-corrected chi connectivity index (χ3v) is 1.36. The van der Waals surface area contributed by atoms with Crippen LogP contribution in [0.4, 0.5) is 5.69 Å². The standard InChI is InChI=1S/C7H9NO2/c1-5-3-2-4-6(8-10)7(5)9/h2-4,8-10H,1H3. The maximum absolute atomic E-state index is 9.18. The fourth-order valence-corrected chi connectivity index (χ4v) is 0.749. The number of anilines is 1. The van der Waals surface area contributed by atoms with Crippen LogP contribution in [0.25, 0.3) is 0 Å². The van der Waals surface area contributed by atoms with Crippen LogP contribution in [0.1, 0.15) is 5.56 Å². The molecule has 0 heterocycles. The first-order valence-electron chi connectivity index (χ1n) is 2.94. The molecule has 3 heteroatoms. The average Bonchev–Trinajstić information content (AvgIpc) is 1.95. The van der Waals surface area contributed by atoms with Crippen LogP contribution < -0.4 is 5.48 Å². The molecule has 0 aliphatic heterocycles. The van der Waals surface area contributed by atoms with Gasteiger partial charge < -0.3 is 5.11 Å². The Kier molecular flexibility index (Phi) is 1.78. The van der Waals surface area contributed by atoms with Crippen LogP contribution in [-0.2, 0) is 0 Å². The summed E-state index contributed by atoms with van der Waals surface area (Å²) in [6.07, 6.45) is 0. The smallest absolute Gasteiger partial charge is 0.143 e. The van der Waals surface area contributed by atoms with Crippen molar-refractivity contribution in [3.63, 3.8) is 0 Å². The van der Waals surface area contributed by atoms with Crippen LogP contribution in [0.2, 0.25) is 0 Å². The first-order chi connectivity index (χ1) is 4.75. The number of hydrogen-bond acceptors (Lipinski definition) is 3. The molecule has 0 radical (unpaired) electrons. The quantitative estimate of drug-likeness (QED) is 0.408. The molecule has 0 atom stereocenters. The van der Waals surface area contributed by atoms with Gasteiger partial charge in [0.15, 0.2) is 0 Å². The van der Waals surface area contributed by atoms with Crippen LogP contribution in [-0.4, -0.2) is 10.3 Å². The lowest BCUT2D eigenvalue weighted by molar-refractivity contribution is 0.380. The lowest BCUT2D eigenvalue weighted by atomic mass is 10.2. The topological polar surface area (TPSA) is 52.5 Å². The maximum Gasteiger partial charge on any atom is 0.143 e. The highest BCUT2D eigenvalue weighted by Gasteiger charge is 1.99. The molecular formula is C7H9NO2. The second kappa shape index (κ2) is 2.58. The van der Waals surface area contributed by atoms with E-state index in [1.165, 1.54) is 0 Å². The summed E-state index contributed by atoms with van der Waals surface area (Å²) in [5.41, 5.74) is 2.95. The Labute approximate surface area is 58.9 Å². The van der Waals surface area contributed by atoms with Gasteiger partial charge in [-0.2, -0.15) is 0 Å². The summed E-state index contributed by atoms with van der Waals surface area (Å²) < 4.78 is 0. The molecule has 0 amide bonds. The molecule has 0 unspecified atom stereocenters. The molecule has 0 fully saturated rings. The summed E-state index contributed by atoms with van der Waals surface area (Å²) in [6.45, 7) is 1.76. The minimum absolute atomic E-state index is 0.0880. The van der Waals surface area contributed by atoms with Gasteiger partial charge in [0.1, 0.15) is 11.4 Å². The normalized spacial score (nSPS) is 9.40. The summed E-state index contributed by atoms with van der Waals surface area (Å²) in [7, 11) is 0. The van der Waals surface area contributed by atoms with Crippen molar-refractivity contribution in [2.75, 3.05) is 5.48 Å². The Hall–Kier alpha value is -1.22. The predicted molar refractivity (Wildman–Crippen MR) is 38.3 cm³/mol. The number of rotatable bonds is 1. The Morgan fingerprint density at radius 1 is 1.40 bits per heavy atom. The van der Waals surface area contributed by atoms with Crippen molar-refractivity contribution < 1.29 is 10.3 Å². The van der Waals surface area contributed by atoms with Crippen LogP contribution in [0.5, 0.6) is 5.75 Å². The zero-order valence-electron chi connectivity index (χ0n) is 5.63. The van der Waals surface area contributed by atoms with E-state index >= 15 is 0 Å². The van der Waals surface area contributed by atoms with E-state index in [1.807, 2.05) is 5.48 Å². The number of benzene rings is 1. The zero-order chi connectivity index (χ0) is 7.56. The van der Waals surface area contributed by atoms with Crippen molar-refractivity contribution in [2.24, 2.45) is 0 Å². The number of para-hydroxylation sites is 1. The van der Waals surface area contributed by atoms with Gasteiger partial charge in [0.25, 0.3) is 0 Å². The van der Waals surface area contributed by atoms with Crippen LogP contribution >= 0.6 is 0 Å². The molecular weight excluding hydrogens is 130 g/mol. The lowest BCUT2D eigenvalue weighted by Crippen LogP contribution is -1.89. The van der Waals surface area contributed by atoms with Gasteiger partial charge in [-0.15, -0.1) is 0 Å². The van der Waals surface area contributed by atoms with Gasteiger partial charge in [-0.25, -0.2) is 0 Å². The van der Waals surface area contributed by atoms with Crippen molar-refractivity contribution >= 4 is 5.69 Å². The second-order valence-corrected chi connectivity index (χ2v) is 2.08. The van der Waals surface area contributed by atoms with Crippen molar-refractivity contribution in [2.45, 2.75) is 6.92 Å². The van der Waals surface area contributed by atoms with Gasteiger partial charge in [-0.1, -0.05) is 12.1 Å². The predicted octanol–water partition coefficient (Wildman–Crippen LogP) is 1.50. The molecule has 3 N–H and O–H groups in total. The highest BCUT2D eigenvalue weighted by Crippen LogP contribution is 2.25. The van der Waals surface area contributed by atoms with Crippen LogP contribution in [0, 0.1) is 6.92 Å². The van der Waals surface area contributed by atoms with E-state index in [-0.39, 0.29) is 5.75 Å². The molecule has 1 aromatic rings. The minimum atomic E-state index is 0.0880. The third-order valence-electron chi connectivity index (χ3n) is 1.36. The Morgan fingerprint density at radius 2 is 2.10 bits per heavy atom. The summed E-state index contributed by atoms with van der Waals surface area (Å²) in [5.74, 6) is 0.0880. The van der Waals surface area contributed by atoms with Gasteiger partial charge in [-0.3, -0.25) is 10.7 Å². The van der Waals surface area contributed by atoms with Gasteiger partial charge >= 0.3 is 0 Å². The average molecular weight is 139 g/mol. The molecule has 0 aliphatic rings. The number of hydrogen-bond donors (Lipinski definition) is 3. The van der Waals surface area contributed by atoms with E-state index in [2.05, 4.69) is 0 Å². The minimum Gasteiger partial charge on any atom is -0.505 e. The summed E-state index contributed by atoms with van der Waals surface area (Å²) >= 11 is 0. The SMILES string of the molecule is Cc1cccc(NO)c1O. The molecule has 3 nitrogen and oxygen atoms in total.